The number of hydrogen-bond donors (Lipinski definition) is 2. The van der Waals surface area contributed by atoms with E-state index in [1.165, 1.54) is 18.6 Å². The molecule has 3 heterocycles. The number of nitrogens with one attached hydrogen (secondary N) is 1. The van der Waals surface area contributed by atoms with E-state index in [2.05, 4.69) is 27.1 Å². The first-order valence-electron chi connectivity index (χ1n) is 10.1. The summed E-state index contributed by atoms with van der Waals surface area (Å²) in [5.41, 5.74) is -0.923. The zero-order valence-corrected chi connectivity index (χ0v) is 18.0. The first-order chi connectivity index (χ1) is 15.2. The fourth-order valence-corrected chi connectivity index (χ4v) is 4.75. The van der Waals surface area contributed by atoms with Crippen molar-refractivity contribution in [3.8, 4) is 23.1 Å². The number of amides is 1. The number of rotatable bonds is 2. The Hall–Kier alpha value is -2.96. The second-order valence-corrected chi connectivity index (χ2v) is 8.61. The summed E-state index contributed by atoms with van der Waals surface area (Å²) < 4.78 is 41.0. The summed E-state index contributed by atoms with van der Waals surface area (Å²) in [5.74, 6) is 5.25. The molecule has 0 aliphatic heterocycles. The van der Waals surface area contributed by atoms with Crippen LogP contribution in [0.1, 0.15) is 53.7 Å². The fraction of sp³-hybridized carbons (Fsp3) is 0.348. The molecule has 0 atom stereocenters. The minimum absolute atomic E-state index is 0.00237. The van der Waals surface area contributed by atoms with E-state index in [-0.39, 0.29) is 21.5 Å². The molecule has 0 unspecified atom stereocenters. The van der Waals surface area contributed by atoms with Gasteiger partial charge in [0.1, 0.15) is 11.3 Å². The molecule has 166 valence electrons. The van der Waals surface area contributed by atoms with Crippen molar-refractivity contribution in [3.05, 3.63) is 46.6 Å². The topological polar surface area (TPSA) is 75.1 Å². The van der Waals surface area contributed by atoms with E-state index in [1.54, 1.807) is 12.1 Å². The third kappa shape index (κ3) is 4.47. The van der Waals surface area contributed by atoms with Gasteiger partial charge in [0.2, 0.25) is 0 Å². The fourth-order valence-electron chi connectivity index (χ4n) is 3.72. The molecule has 0 saturated heterocycles. The molecule has 9 heteroatoms. The summed E-state index contributed by atoms with van der Waals surface area (Å²) in [7, 11) is 1.41. The van der Waals surface area contributed by atoms with E-state index in [1.807, 2.05) is 0 Å². The van der Waals surface area contributed by atoms with Gasteiger partial charge >= 0.3 is 6.18 Å². The Morgan fingerprint density at radius 3 is 2.62 bits per heavy atom. The highest BCUT2D eigenvalue weighted by Crippen LogP contribution is 2.40. The largest absolute Gasteiger partial charge is 0.417 e. The predicted molar refractivity (Wildman–Crippen MR) is 116 cm³/mol. The summed E-state index contributed by atoms with van der Waals surface area (Å²) in [4.78, 5) is 20.7. The molecule has 1 aliphatic carbocycles. The van der Waals surface area contributed by atoms with Crippen LogP contribution >= 0.6 is 11.3 Å². The van der Waals surface area contributed by atoms with E-state index >= 15 is 0 Å². The molecule has 0 aromatic carbocycles. The van der Waals surface area contributed by atoms with Crippen LogP contribution in [0.15, 0.2) is 29.8 Å². The summed E-state index contributed by atoms with van der Waals surface area (Å²) in [6.45, 7) is 0. The van der Waals surface area contributed by atoms with Crippen LogP contribution in [0.5, 0.6) is 0 Å². The van der Waals surface area contributed by atoms with E-state index in [0.29, 0.717) is 24.1 Å². The monoisotopic (exact) mass is 459 g/mol. The summed E-state index contributed by atoms with van der Waals surface area (Å²) in [5, 5.41) is 14.3. The zero-order valence-electron chi connectivity index (χ0n) is 17.2. The van der Waals surface area contributed by atoms with Crippen molar-refractivity contribution in [3.63, 3.8) is 0 Å². The second-order valence-electron chi connectivity index (χ2n) is 7.73. The Morgan fingerprint density at radius 1 is 1.25 bits per heavy atom. The molecule has 0 spiro atoms. The van der Waals surface area contributed by atoms with Crippen molar-refractivity contribution < 1.29 is 23.1 Å². The van der Waals surface area contributed by atoms with Gasteiger partial charge in [-0.1, -0.05) is 12.3 Å². The molecule has 1 aliphatic rings. The van der Waals surface area contributed by atoms with Crippen molar-refractivity contribution >= 4 is 27.5 Å². The number of aliphatic hydroxyl groups is 1. The summed E-state index contributed by atoms with van der Waals surface area (Å²) >= 11 is 0.836. The van der Waals surface area contributed by atoms with E-state index < -0.39 is 23.2 Å². The Morgan fingerprint density at radius 2 is 2.00 bits per heavy atom. The number of hydrogen-bond acceptors (Lipinski definition) is 5. The molecule has 2 N–H and O–H groups in total. The predicted octanol–water partition coefficient (Wildman–Crippen LogP) is 4.78. The maximum absolute atomic E-state index is 13.7. The number of fused-ring (bicyclic) bond motifs is 1. The number of aromatic nitrogens is 2. The van der Waals surface area contributed by atoms with Crippen LogP contribution in [0.4, 0.5) is 13.2 Å². The molecule has 1 amide bonds. The van der Waals surface area contributed by atoms with Gasteiger partial charge in [0.25, 0.3) is 5.91 Å². The van der Waals surface area contributed by atoms with Crippen LogP contribution in [0.2, 0.25) is 0 Å². The molecular weight excluding hydrogens is 439 g/mol. The second kappa shape index (κ2) is 8.52. The zero-order chi connectivity index (χ0) is 22.9. The maximum Gasteiger partial charge on any atom is 0.417 e. The maximum atomic E-state index is 13.7. The quantitative estimate of drug-likeness (QED) is 0.541. The Balaban J connectivity index is 1.72. The number of thiophene rings is 1. The average Bonchev–Trinajstić information content (AvgIpc) is 3.21. The SMILES string of the molecule is CNC(=O)c1csc2c(C(F)(F)F)cc(-c3ccc(C#CC4(O)CCCCC4)nc3)nc12. The number of alkyl halides is 3. The van der Waals surface area contributed by atoms with Gasteiger partial charge in [-0.05, 0) is 49.8 Å². The molecule has 3 aromatic heterocycles. The lowest BCUT2D eigenvalue weighted by Gasteiger charge is -2.26. The molecule has 32 heavy (non-hydrogen) atoms. The smallest absolute Gasteiger partial charge is 0.378 e. The summed E-state index contributed by atoms with van der Waals surface area (Å²) in [6, 6.07) is 4.14. The molecule has 3 aromatic rings. The Bertz CT molecular complexity index is 1220. The highest BCUT2D eigenvalue weighted by atomic mass is 32.1. The number of carbonyl (C=O) groups excluding carboxylic acids is 1. The standard InChI is InChI=1S/C23H20F3N3O2S/c1-27-21(30)16-13-32-20-17(23(24,25)26)11-18(29-19(16)20)14-5-6-15(28-12-14)7-10-22(31)8-3-2-4-9-22/h5-6,11-13,31H,2-4,8-9H2,1H3,(H,27,30). The average molecular weight is 459 g/mol. The minimum atomic E-state index is -4.60. The van der Waals surface area contributed by atoms with Crippen LogP contribution in [0.25, 0.3) is 21.5 Å². The van der Waals surface area contributed by atoms with Gasteiger partial charge in [-0.25, -0.2) is 9.97 Å². The lowest BCUT2D eigenvalue weighted by Crippen LogP contribution is -2.29. The van der Waals surface area contributed by atoms with Crippen LogP contribution in [0, 0.1) is 11.8 Å². The van der Waals surface area contributed by atoms with Crippen LogP contribution in [-0.2, 0) is 6.18 Å². The van der Waals surface area contributed by atoms with Gasteiger partial charge in [0, 0.05) is 24.2 Å². The normalized spacial score (nSPS) is 15.8. The Kier molecular flexibility index (Phi) is 5.93. The van der Waals surface area contributed by atoms with Crippen molar-refractivity contribution in [2.24, 2.45) is 0 Å². The molecule has 1 saturated carbocycles. The first kappa shape index (κ1) is 22.2. The lowest BCUT2D eigenvalue weighted by atomic mass is 9.85. The number of halogens is 3. The van der Waals surface area contributed by atoms with Crippen molar-refractivity contribution in [1.29, 1.82) is 0 Å². The third-order valence-corrected chi connectivity index (χ3v) is 6.47. The van der Waals surface area contributed by atoms with Gasteiger partial charge in [0.05, 0.1) is 27.0 Å². The first-order valence-corrected chi connectivity index (χ1v) is 11.0. The van der Waals surface area contributed by atoms with Gasteiger partial charge in [-0.3, -0.25) is 4.79 Å². The van der Waals surface area contributed by atoms with Crippen LogP contribution in [0.3, 0.4) is 0 Å². The number of carbonyl (C=O) groups is 1. The number of pyridine rings is 2. The van der Waals surface area contributed by atoms with Gasteiger partial charge in [-0.15, -0.1) is 11.3 Å². The Labute approximate surface area is 186 Å². The van der Waals surface area contributed by atoms with Crippen LogP contribution in [-0.4, -0.2) is 33.6 Å². The number of nitrogens with zero attached hydrogens (tertiary/aromatic N) is 2. The molecule has 0 bridgehead atoms. The molecule has 5 nitrogen and oxygen atoms in total. The minimum Gasteiger partial charge on any atom is -0.378 e. The van der Waals surface area contributed by atoms with Crippen molar-refractivity contribution in [2.75, 3.05) is 7.05 Å². The van der Waals surface area contributed by atoms with Crippen molar-refractivity contribution in [1.82, 2.24) is 15.3 Å². The van der Waals surface area contributed by atoms with Gasteiger partial charge < -0.3 is 10.4 Å². The third-order valence-electron chi connectivity index (χ3n) is 5.46. The highest BCUT2D eigenvalue weighted by molar-refractivity contribution is 7.17. The molecule has 1 fully saturated rings. The molecule has 4 rings (SSSR count). The summed E-state index contributed by atoms with van der Waals surface area (Å²) in [6.07, 6.45) is 0.971. The molecule has 0 radical (unpaired) electrons. The van der Waals surface area contributed by atoms with E-state index in [9.17, 15) is 23.1 Å². The van der Waals surface area contributed by atoms with Crippen molar-refractivity contribution in [2.45, 2.75) is 43.9 Å². The van der Waals surface area contributed by atoms with E-state index in [4.69, 9.17) is 0 Å². The van der Waals surface area contributed by atoms with E-state index in [0.717, 1.165) is 36.7 Å². The van der Waals surface area contributed by atoms with Gasteiger partial charge in [-0.2, -0.15) is 13.2 Å². The van der Waals surface area contributed by atoms with Gasteiger partial charge in [0.15, 0.2) is 0 Å². The van der Waals surface area contributed by atoms with Crippen LogP contribution < -0.4 is 5.32 Å². The molecular formula is C23H20F3N3O2S. The lowest BCUT2D eigenvalue weighted by molar-refractivity contribution is -0.136. The highest BCUT2D eigenvalue weighted by Gasteiger charge is 2.35.